The van der Waals surface area contributed by atoms with Crippen LogP contribution in [0.5, 0.6) is 0 Å². The molecule has 1 aliphatic carbocycles. The largest absolute Gasteiger partial charge is 0.390 e. The summed E-state index contributed by atoms with van der Waals surface area (Å²) in [6.45, 7) is 5.64. The van der Waals surface area contributed by atoms with E-state index in [4.69, 9.17) is 0 Å². The van der Waals surface area contributed by atoms with Gasteiger partial charge in [0.1, 0.15) is 0 Å². The maximum Gasteiger partial charge on any atom is 0.0700 e. The highest BCUT2D eigenvalue weighted by Crippen LogP contribution is 2.39. The lowest BCUT2D eigenvalue weighted by Crippen LogP contribution is -2.54. The van der Waals surface area contributed by atoms with Gasteiger partial charge in [0.25, 0.3) is 0 Å². The summed E-state index contributed by atoms with van der Waals surface area (Å²) in [4.78, 5) is 2.58. The van der Waals surface area contributed by atoms with Gasteiger partial charge in [0.2, 0.25) is 0 Å². The first-order valence-corrected chi connectivity index (χ1v) is 8.37. The van der Waals surface area contributed by atoms with Gasteiger partial charge in [-0.1, -0.05) is 26.2 Å². The molecule has 2 nitrogen and oxygen atoms in total. The second-order valence-electron chi connectivity index (χ2n) is 6.39. The molecule has 2 rings (SSSR count). The van der Waals surface area contributed by atoms with Crippen molar-refractivity contribution in [3.05, 3.63) is 0 Å². The average Bonchev–Trinajstić information content (AvgIpc) is 2.38. The molecular weight excluding hydrogens is 242 g/mol. The van der Waals surface area contributed by atoms with Gasteiger partial charge in [-0.2, -0.15) is 12.6 Å². The Morgan fingerprint density at radius 2 is 2.22 bits per heavy atom. The van der Waals surface area contributed by atoms with Gasteiger partial charge < -0.3 is 10.0 Å². The zero-order valence-electron chi connectivity index (χ0n) is 11.8. The van der Waals surface area contributed by atoms with Crippen molar-refractivity contribution < 1.29 is 5.11 Å². The van der Waals surface area contributed by atoms with E-state index in [1.807, 2.05) is 0 Å². The first-order valence-electron chi connectivity index (χ1n) is 7.73. The SMILES string of the molecule is CCCC(CS)CN1CCC2(O)CCCCC2C1. The van der Waals surface area contributed by atoms with Crippen molar-refractivity contribution in [2.75, 3.05) is 25.4 Å². The monoisotopic (exact) mass is 271 g/mol. The number of hydrogen-bond donors (Lipinski definition) is 2. The number of nitrogens with zero attached hydrogens (tertiary/aromatic N) is 1. The minimum atomic E-state index is -0.323. The van der Waals surface area contributed by atoms with Gasteiger partial charge in [-0.3, -0.25) is 0 Å². The summed E-state index contributed by atoms with van der Waals surface area (Å²) in [6.07, 6.45) is 8.33. The molecule has 0 aromatic heterocycles. The van der Waals surface area contributed by atoms with E-state index in [2.05, 4.69) is 24.5 Å². The van der Waals surface area contributed by atoms with Crippen LogP contribution < -0.4 is 0 Å². The normalized spacial score (nSPS) is 35.2. The van der Waals surface area contributed by atoms with Crippen molar-refractivity contribution in [2.24, 2.45) is 11.8 Å². The number of thiol groups is 1. The molecule has 0 aromatic carbocycles. The predicted octanol–water partition coefficient (Wildman–Crippen LogP) is 2.96. The summed E-state index contributed by atoms with van der Waals surface area (Å²) in [7, 11) is 0. The van der Waals surface area contributed by atoms with Crippen molar-refractivity contribution in [3.63, 3.8) is 0 Å². The van der Waals surface area contributed by atoms with Crippen molar-refractivity contribution in [2.45, 2.75) is 57.5 Å². The molecule has 3 atom stereocenters. The molecule has 1 heterocycles. The molecule has 3 heteroatoms. The second kappa shape index (κ2) is 6.62. The van der Waals surface area contributed by atoms with E-state index in [0.717, 1.165) is 37.6 Å². The van der Waals surface area contributed by atoms with E-state index in [0.29, 0.717) is 5.92 Å². The number of fused-ring (bicyclic) bond motifs is 1. The summed E-state index contributed by atoms with van der Waals surface area (Å²) in [5.41, 5.74) is -0.323. The molecule has 3 unspecified atom stereocenters. The summed E-state index contributed by atoms with van der Waals surface area (Å²) < 4.78 is 0. The lowest BCUT2D eigenvalue weighted by molar-refractivity contribution is -0.0969. The van der Waals surface area contributed by atoms with Crippen LogP contribution >= 0.6 is 12.6 Å². The van der Waals surface area contributed by atoms with Crippen LogP contribution in [0.3, 0.4) is 0 Å². The quantitative estimate of drug-likeness (QED) is 0.751. The highest BCUT2D eigenvalue weighted by molar-refractivity contribution is 7.80. The molecule has 0 bridgehead atoms. The fourth-order valence-electron chi connectivity index (χ4n) is 3.82. The molecule has 2 aliphatic rings. The Bertz CT molecular complexity index is 261. The molecule has 1 saturated heterocycles. The Balaban J connectivity index is 1.86. The predicted molar refractivity (Wildman–Crippen MR) is 80.2 cm³/mol. The highest BCUT2D eigenvalue weighted by atomic mass is 32.1. The van der Waals surface area contributed by atoms with Crippen LogP contribution in [0.25, 0.3) is 0 Å². The van der Waals surface area contributed by atoms with Crippen LogP contribution in [-0.2, 0) is 0 Å². The molecule has 0 spiro atoms. The van der Waals surface area contributed by atoms with Gasteiger partial charge >= 0.3 is 0 Å². The summed E-state index contributed by atoms with van der Waals surface area (Å²) in [6, 6.07) is 0. The van der Waals surface area contributed by atoms with Gasteiger partial charge in [0.05, 0.1) is 5.60 Å². The molecule has 18 heavy (non-hydrogen) atoms. The van der Waals surface area contributed by atoms with Crippen LogP contribution in [0.1, 0.15) is 51.9 Å². The Morgan fingerprint density at radius 3 is 2.94 bits per heavy atom. The van der Waals surface area contributed by atoms with Crippen LogP contribution in [-0.4, -0.2) is 41.0 Å². The molecule has 106 valence electrons. The Kier molecular flexibility index (Phi) is 5.40. The van der Waals surface area contributed by atoms with Gasteiger partial charge in [0.15, 0.2) is 0 Å². The zero-order valence-corrected chi connectivity index (χ0v) is 12.7. The summed E-state index contributed by atoms with van der Waals surface area (Å²) in [5.74, 6) is 2.26. The topological polar surface area (TPSA) is 23.5 Å². The molecule has 0 radical (unpaired) electrons. The Hall–Kier alpha value is 0.270. The molecule has 1 N–H and O–H groups in total. The maximum atomic E-state index is 10.7. The Labute approximate surface area is 118 Å². The fraction of sp³-hybridized carbons (Fsp3) is 1.00. The van der Waals surface area contributed by atoms with E-state index in [-0.39, 0.29) is 5.60 Å². The molecule has 1 aliphatic heterocycles. The lowest BCUT2D eigenvalue weighted by atomic mass is 9.71. The van der Waals surface area contributed by atoms with Crippen LogP contribution in [0, 0.1) is 11.8 Å². The number of piperidine rings is 1. The third-order valence-corrected chi connectivity index (χ3v) is 5.50. The molecule has 0 aromatic rings. The third kappa shape index (κ3) is 3.43. The van der Waals surface area contributed by atoms with Gasteiger partial charge in [-0.05, 0) is 37.4 Å². The first kappa shape index (κ1) is 14.7. The molecule has 0 amide bonds. The van der Waals surface area contributed by atoms with E-state index >= 15 is 0 Å². The number of hydrogen-bond acceptors (Lipinski definition) is 3. The van der Waals surface area contributed by atoms with Crippen molar-refractivity contribution in [3.8, 4) is 0 Å². The van der Waals surface area contributed by atoms with Crippen LogP contribution in [0.4, 0.5) is 0 Å². The van der Waals surface area contributed by atoms with E-state index in [1.165, 1.54) is 38.6 Å². The van der Waals surface area contributed by atoms with E-state index in [1.54, 1.807) is 0 Å². The lowest BCUT2D eigenvalue weighted by Gasteiger charge is -2.48. The number of rotatable bonds is 5. The van der Waals surface area contributed by atoms with Crippen LogP contribution in [0.2, 0.25) is 0 Å². The highest BCUT2D eigenvalue weighted by Gasteiger charge is 2.42. The molecule has 1 saturated carbocycles. The molecule has 2 fully saturated rings. The average molecular weight is 271 g/mol. The van der Waals surface area contributed by atoms with Crippen molar-refractivity contribution >= 4 is 12.6 Å². The zero-order chi connectivity index (χ0) is 13.0. The van der Waals surface area contributed by atoms with Crippen molar-refractivity contribution in [1.82, 2.24) is 4.90 Å². The first-order chi connectivity index (χ1) is 8.68. The van der Waals surface area contributed by atoms with Gasteiger partial charge in [-0.25, -0.2) is 0 Å². The third-order valence-electron chi connectivity index (χ3n) is 4.98. The summed E-state index contributed by atoms with van der Waals surface area (Å²) in [5, 5.41) is 10.7. The minimum absolute atomic E-state index is 0.323. The second-order valence-corrected chi connectivity index (χ2v) is 6.76. The van der Waals surface area contributed by atoms with E-state index < -0.39 is 0 Å². The number of aliphatic hydroxyl groups is 1. The summed E-state index contributed by atoms with van der Waals surface area (Å²) >= 11 is 4.48. The number of likely N-dealkylation sites (tertiary alicyclic amines) is 1. The maximum absolute atomic E-state index is 10.7. The standard InChI is InChI=1S/C15H29NOS/c1-2-5-13(12-18)10-16-9-8-15(17)7-4-3-6-14(15)11-16/h13-14,17-18H,2-12H2,1H3. The Morgan fingerprint density at radius 1 is 1.39 bits per heavy atom. The van der Waals surface area contributed by atoms with Gasteiger partial charge in [-0.15, -0.1) is 0 Å². The van der Waals surface area contributed by atoms with Gasteiger partial charge in [0, 0.05) is 25.6 Å². The minimum Gasteiger partial charge on any atom is -0.390 e. The van der Waals surface area contributed by atoms with E-state index in [9.17, 15) is 5.11 Å². The fourth-order valence-corrected chi connectivity index (χ4v) is 4.12. The van der Waals surface area contributed by atoms with Crippen molar-refractivity contribution in [1.29, 1.82) is 0 Å². The molecular formula is C15H29NOS. The van der Waals surface area contributed by atoms with Crippen LogP contribution in [0.15, 0.2) is 0 Å². The smallest absolute Gasteiger partial charge is 0.0700 e.